The molecule has 0 radical (unpaired) electrons. The predicted molar refractivity (Wildman–Crippen MR) is 85.6 cm³/mol. The first-order chi connectivity index (χ1) is 18.5. The molecule has 0 N–H and O–H groups in total. The normalized spacial score (nSPS) is 23.8. The smallest absolute Gasteiger partial charge is 0.452 e. The number of carbonyl (C=O) groups is 5. The second kappa shape index (κ2) is 11.9. The zero-order valence-corrected chi connectivity index (χ0v) is 18.8. The summed E-state index contributed by atoms with van der Waals surface area (Å²) in [6.07, 6.45) is -42.6. The zero-order valence-electron chi connectivity index (χ0n) is 18.8. The summed E-state index contributed by atoms with van der Waals surface area (Å²) >= 11 is 0. The van der Waals surface area contributed by atoms with Crippen molar-refractivity contribution in [2.45, 2.75) is 55.0 Å². The Bertz CT molecular complexity index is 1060. The second-order valence-corrected chi connectivity index (χ2v) is 7.22. The van der Waals surface area contributed by atoms with E-state index < -0.39 is 98.0 Å². The molecule has 0 aromatic heterocycles. The standard InChI is InChI=1S/C16H7F15O11/c17-12(18,19)6(32)37-2-11(42-10(36)16(29,30)31)5(41-9(35)15(26,27)28)4(40-8(34)14(23,24)25)3(1-38-11)39-7(33)13(20,21)22/h3-5H,1-2H2. The summed E-state index contributed by atoms with van der Waals surface area (Å²) in [6, 6.07) is 0. The molecule has 1 heterocycles. The lowest BCUT2D eigenvalue weighted by Gasteiger charge is -2.46. The SMILES string of the molecule is O=C(OCC1(OC(=O)C(F)(F)F)OCC(OC(=O)C(F)(F)F)C(OC(=O)C(F)(F)F)C1OC(=O)C(F)(F)F)C(F)(F)F. The van der Waals surface area contributed by atoms with Crippen molar-refractivity contribution >= 4 is 29.8 Å². The van der Waals surface area contributed by atoms with E-state index in [-0.39, 0.29) is 0 Å². The zero-order chi connectivity index (χ0) is 33.3. The second-order valence-electron chi connectivity index (χ2n) is 7.22. The molecule has 242 valence electrons. The third-order valence-corrected chi connectivity index (χ3v) is 4.15. The van der Waals surface area contributed by atoms with Crippen molar-refractivity contribution in [3.63, 3.8) is 0 Å². The van der Waals surface area contributed by atoms with Gasteiger partial charge in [-0.15, -0.1) is 0 Å². The van der Waals surface area contributed by atoms with Crippen LogP contribution in [-0.4, -0.2) is 98.0 Å². The Morgan fingerprint density at radius 1 is 0.571 bits per heavy atom. The lowest BCUT2D eigenvalue weighted by molar-refractivity contribution is -0.355. The van der Waals surface area contributed by atoms with E-state index >= 15 is 0 Å². The molecule has 1 aliphatic rings. The molecule has 0 aliphatic carbocycles. The molecule has 0 amide bonds. The summed E-state index contributed by atoms with van der Waals surface area (Å²) in [5.41, 5.74) is 0. The highest BCUT2D eigenvalue weighted by Crippen LogP contribution is 2.38. The average molecular weight is 660 g/mol. The lowest BCUT2D eigenvalue weighted by atomic mass is 9.96. The molecule has 26 heteroatoms. The highest BCUT2D eigenvalue weighted by molar-refractivity contribution is 5.79. The van der Waals surface area contributed by atoms with E-state index in [1.165, 1.54) is 0 Å². The number of esters is 5. The first-order valence-corrected chi connectivity index (χ1v) is 9.54. The van der Waals surface area contributed by atoms with Crippen molar-refractivity contribution < 1.29 is 118 Å². The van der Waals surface area contributed by atoms with Gasteiger partial charge in [-0.05, 0) is 0 Å². The Kier molecular flexibility index (Phi) is 10.2. The molecule has 1 aliphatic heterocycles. The summed E-state index contributed by atoms with van der Waals surface area (Å²) in [5, 5.41) is 0. The number of ether oxygens (including phenoxy) is 6. The molecule has 0 aromatic rings. The van der Waals surface area contributed by atoms with Crippen molar-refractivity contribution in [2.75, 3.05) is 13.2 Å². The third kappa shape index (κ3) is 9.40. The van der Waals surface area contributed by atoms with Crippen LogP contribution in [-0.2, 0) is 52.4 Å². The Morgan fingerprint density at radius 3 is 1.36 bits per heavy atom. The van der Waals surface area contributed by atoms with Crippen LogP contribution in [0.3, 0.4) is 0 Å². The molecule has 4 unspecified atom stereocenters. The number of hydrogen-bond acceptors (Lipinski definition) is 11. The van der Waals surface area contributed by atoms with Gasteiger partial charge in [0.1, 0.15) is 0 Å². The van der Waals surface area contributed by atoms with E-state index in [4.69, 9.17) is 0 Å². The highest BCUT2D eigenvalue weighted by Gasteiger charge is 2.65. The van der Waals surface area contributed by atoms with E-state index in [0.29, 0.717) is 0 Å². The molecule has 4 atom stereocenters. The monoisotopic (exact) mass is 660 g/mol. The predicted octanol–water partition coefficient (Wildman–Crippen LogP) is 2.35. The average Bonchev–Trinajstić information content (AvgIpc) is 2.77. The summed E-state index contributed by atoms with van der Waals surface area (Å²) < 4.78 is 213. The van der Waals surface area contributed by atoms with Crippen molar-refractivity contribution in [1.82, 2.24) is 0 Å². The van der Waals surface area contributed by atoms with Gasteiger partial charge < -0.3 is 28.4 Å². The van der Waals surface area contributed by atoms with Gasteiger partial charge in [0, 0.05) is 0 Å². The summed E-state index contributed by atoms with van der Waals surface area (Å²) in [7, 11) is 0. The lowest BCUT2D eigenvalue weighted by Crippen LogP contribution is -2.69. The molecule has 1 fully saturated rings. The number of hydrogen-bond donors (Lipinski definition) is 0. The highest BCUT2D eigenvalue weighted by atomic mass is 19.4. The third-order valence-electron chi connectivity index (χ3n) is 4.15. The van der Waals surface area contributed by atoms with Gasteiger partial charge in [-0.25, -0.2) is 24.0 Å². The van der Waals surface area contributed by atoms with E-state index in [1.807, 2.05) is 0 Å². The Balaban J connectivity index is 3.91. The molecule has 0 spiro atoms. The minimum atomic E-state index is -6.36. The van der Waals surface area contributed by atoms with E-state index in [0.717, 1.165) is 0 Å². The van der Waals surface area contributed by atoms with Crippen LogP contribution in [0.15, 0.2) is 0 Å². The van der Waals surface area contributed by atoms with Crippen LogP contribution in [0.1, 0.15) is 0 Å². The molecular formula is C16H7F15O11. The summed E-state index contributed by atoms with van der Waals surface area (Å²) in [6.45, 7) is -5.02. The number of alkyl halides is 15. The van der Waals surface area contributed by atoms with Gasteiger partial charge >= 0.3 is 60.7 Å². The molecule has 0 saturated carbocycles. The van der Waals surface area contributed by atoms with Crippen LogP contribution < -0.4 is 0 Å². The molecule has 11 nitrogen and oxygen atoms in total. The number of rotatable bonds is 6. The van der Waals surface area contributed by atoms with Gasteiger partial charge in [0.15, 0.2) is 18.8 Å². The minimum Gasteiger partial charge on any atom is -0.452 e. The van der Waals surface area contributed by atoms with Crippen LogP contribution in [0.4, 0.5) is 65.9 Å². The van der Waals surface area contributed by atoms with Crippen LogP contribution >= 0.6 is 0 Å². The topological polar surface area (TPSA) is 141 Å². The molecular weight excluding hydrogens is 653 g/mol. The van der Waals surface area contributed by atoms with Gasteiger partial charge in [0.05, 0.1) is 6.61 Å². The van der Waals surface area contributed by atoms with Gasteiger partial charge in [-0.1, -0.05) is 0 Å². The Hall–Kier alpha value is -3.74. The van der Waals surface area contributed by atoms with Crippen LogP contribution in [0.25, 0.3) is 0 Å². The van der Waals surface area contributed by atoms with Crippen molar-refractivity contribution in [1.29, 1.82) is 0 Å². The van der Waals surface area contributed by atoms with Crippen LogP contribution in [0.5, 0.6) is 0 Å². The largest absolute Gasteiger partial charge is 0.491 e. The maximum Gasteiger partial charge on any atom is 0.491 e. The number of carbonyl (C=O) groups excluding carboxylic acids is 5. The maximum absolute atomic E-state index is 12.9. The van der Waals surface area contributed by atoms with Crippen LogP contribution in [0, 0.1) is 0 Å². The molecule has 1 saturated heterocycles. The maximum atomic E-state index is 12.9. The van der Waals surface area contributed by atoms with Crippen molar-refractivity contribution in [3.05, 3.63) is 0 Å². The molecule has 0 aromatic carbocycles. The van der Waals surface area contributed by atoms with Gasteiger partial charge in [0.25, 0.3) is 5.79 Å². The van der Waals surface area contributed by atoms with E-state index in [2.05, 4.69) is 28.4 Å². The van der Waals surface area contributed by atoms with E-state index in [9.17, 15) is 89.8 Å². The Labute approximate surface area is 217 Å². The summed E-state index contributed by atoms with van der Waals surface area (Å²) in [4.78, 5) is 56.4. The van der Waals surface area contributed by atoms with Crippen molar-refractivity contribution in [2.24, 2.45) is 0 Å². The van der Waals surface area contributed by atoms with Gasteiger partial charge in [-0.2, -0.15) is 65.9 Å². The first-order valence-electron chi connectivity index (χ1n) is 9.54. The molecule has 1 rings (SSSR count). The van der Waals surface area contributed by atoms with Crippen LogP contribution in [0.2, 0.25) is 0 Å². The summed E-state index contributed by atoms with van der Waals surface area (Å²) in [5.74, 6) is -22.7. The first kappa shape index (κ1) is 36.3. The van der Waals surface area contributed by atoms with Gasteiger partial charge in [-0.3, -0.25) is 0 Å². The molecule has 42 heavy (non-hydrogen) atoms. The van der Waals surface area contributed by atoms with E-state index in [1.54, 1.807) is 0 Å². The Morgan fingerprint density at radius 2 is 0.952 bits per heavy atom. The van der Waals surface area contributed by atoms with Gasteiger partial charge in [0.2, 0.25) is 6.10 Å². The fourth-order valence-electron chi connectivity index (χ4n) is 2.52. The molecule has 0 bridgehead atoms. The minimum absolute atomic E-state index is 2.23. The quantitative estimate of drug-likeness (QED) is 0.236. The fourth-order valence-corrected chi connectivity index (χ4v) is 2.52. The fraction of sp³-hybridized carbons (Fsp3) is 0.688. The van der Waals surface area contributed by atoms with Crippen molar-refractivity contribution in [3.8, 4) is 0 Å². The number of halogens is 15.